The van der Waals surface area contributed by atoms with Crippen LogP contribution in [-0.4, -0.2) is 16.2 Å². The quantitative estimate of drug-likeness (QED) is 0.780. The first kappa shape index (κ1) is 13.9. The fraction of sp³-hybridized carbons (Fsp3) is 0.308. The van der Waals surface area contributed by atoms with Crippen LogP contribution in [0.5, 0.6) is 5.75 Å². The van der Waals surface area contributed by atoms with Gasteiger partial charge in [-0.25, -0.2) is 4.98 Å². The van der Waals surface area contributed by atoms with E-state index in [1.807, 2.05) is 24.7 Å². The lowest BCUT2D eigenvalue weighted by molar-refractivity contribution is -0.0498. The number of thioether (sulfide) groups is 1. The van der Waals surface area contributed by atoms with Crippen LogP contribution in [0, 0.1) is 0 Å². The van der Waals surface area contributed by atoms with E-state index in [0.717, 1.165) is 10.7 Å². The molecule has 0 radical (unpaired) electrons. The maximum atomic E-state index is 12.0. The van der Waals surface area contributed by atoms with E-state index in [-0.39, 0.29) is 11.0 Å². The van der Waals surface area contributed by atoms with Crippen LogP contribution in [0.1, 0.15) is 17.7 Å². The molecule has 0 N–H and O–H groups in total. The van der Waals surface area contributed by atoms with Crippen LogP contribution >= 0.6 is 11.8 Å². The number of nitrogens with zero attached hydrogens (tertiary/aromatic N) is 2. The minimum absolute atomic E-state index is 0.174. The summed E-state index contributed by atoms with van der Waals surface area (Å²) in [5.74, 6) is 0.174. The summed E-state index contributed by atoms with van der Waals surface area (Å²) >= 11 is 1.61. The Kier molecular flexibility index (Phi) is 4.42. The number of rotatable bonds is 5. The van der Waals surface area contributed by atoms with Crippen LogP contribution in [0.25, 0.3) is 0 Å². The molecule has 0 saturated heterocycles. The number of aryl methyl sites for hydroxylation is 1. The topological polar surface area (TPSA) is 27.1 Å². The minimum Gasteiger partial charge on any atom is -0.435 e. The van der Waals surface area contributed by atoms with E-state index >= 15 is 0 Å². The van der Waals surface area contributed by atoms with Crippen molar-refractivity contribution < 1.29 is 13.5 Å². The van der Waals surface area contributed by atoms with Crippen LogP contribution in [-0.2, 0) is 7.05 Å². The molecule has 102 valence electrons. The molecular formula is C13H14F2N2OS. The van der Waals surface area contributed by atoms with Crippen molar-refractivity contribution in [3.8, 4) is 5.75 Å². The Morgan fingerprint density at radius 1 is 1.26 bits per heavy atom. The number of halogens is 2. The summed E-state index contributed by atoms with van der Waals surface area (Å²) in [6.07, 6.45) is 3.63. The summed E-state index contributed by atoms with van der Waals surface area (Å²) in [5.41, 5.74) is 1.04. The van der Waals surface area contributed by atoms with E-state index in [9.17, 15) is 8.78 Å². The van der Waals surface area contributed by atoms with Gasteiger partial charge in [-0.15, -0.1) is 0 Å². The van der Waals surface area contributed by atoms with Gasteiger partial charge in [-0.2, -0.15) is 8.78 Å². The third-order valence-corrected chi connectivity index (χ3v) is 3.86. The van der Waals surface area contributed by atoms with Crippen LogP contribution < -0.4 is 4.74 Å². The average molecular weight is 284 g/mol. The first-order chi connectivity index (χ1) is 9.06. The van der Waals surface area contributed by atoms with Gasteiger partial charge in [-0.1, -0.05) is 23.9 Å². The first-order valence-corrected chi connectivity index (χ1v) is 6.63. The highest BCUT2D eigenvalue weighted by Gasteiger charge is 2.11. The number of aromatic nitrogens is 2. The fourth-order valence-electron chi connectivity index (χ4n) is 1.61. The number of ether oxygens (including phenoxy) is 1. The van der Waals surface area contributed by atoms with Gasteiger partial charge in [0.05, 0.1) is 0 Å². The molecule has 6 heteroatoms. The van der Waals surface area contributed by atoms with Crippen LogP contribution in [0.4, 0.5) is 8.78 Å². The number of imidazole rings is 1. The molecule has 0 bridgehead atoms. The highest BCUT2D eigenvalue weighted by molar-refractivity contribution is 7.99. The highest BCUT2D eigenvalue weighted by Crippen LogP contribution is 2.34. The molecule has 1 unspecified atom stereocenters. The standard InChI is InChI=1S/C13H14F2N2OS/c1-9(19-13-16-7-8-17(13)2)10-3-5-11(6-4-10)18-12(14)15/h3-9,12H,1-2H3. The summed E-state index contributed by atoms with van der Waals surface area (Å²) in [4.78, 5) is 4.24. The number of alkyl halides is 2. The summed E-state index contributed by atoms with van der Waals surface area (Å²) in [6, 6.07) is 6.69. The summed E-state index contributed by atoms with van der Waals surface area (Å²) in [7, 11) is 1.93. The van der Waals surface area contributed by atoms with E-state index in [0.29, 0.717) is 0 Å². The third kappa shape index (κ3) is 3.70. The number of hydrogen-bond acceptors (Lipinski definition) is 3. The van der Waals surface area contributed by atoms with E-state index in [4.69, 9.17) is 0 Å². The largest absolute Gasteiger partial charge is 0.435 e. The van der Waals surface area contributed by atoms with E-state index in [1.165, 1.54) is 0 Å². The Labute approximate surface area is 114 Å². The molecule has 1 atom stereocenters. The van der Waals surface area contributed by atoms with E-state index in [2.05, 4.69) is 9.72 Å². The van der Waals surface area contributed by atoms with Gasteiger partial charge >= 0.3 is 6.61 Å². The smallest absolute Gasteiger partial charge is 0.387 e. The molecule has 1 aromatic heterocycles. The Morgan fingerprint density at radius 3 is 2.47 bits per heavy atom. The van der Waals surface area contributed by atoms with Crippen LogP contribution in [0.3, 0.4) is 0 Å². The van der Waals surface area contributed by atoms with Crippen molar-refractivity contribution >= 4 is 11.8 Å². The summed E-state index contributed by atoms with van der Waals surface area (Å²) in [5, 5.41) is 1.10. The summed E-state index contributed by atoms with van der Waals surface area (Å²) in [6.45, 7) is -0.743. The second kappa shape index (κ2) is 6.06. The Bertz CT molecular complexity index is 528. The number of hydrogen-bond donors (Lipinski definition) is 0. The lowest BCUT2D eigenvalue weighted by atomic mass is 10.2. The highest BCUT2D eigenvalue weighted by atomic mass is 32.2. The molecule has 0 spiro atoms. The minimum atomic E-state index is -2.79. The number of benzene rings is 1. The van der Waals surface area contributed by atoms with Gasteiger partial charge in [0, 0.05) is 24.7 Å². The molecule has 19 heavy (non-hydrogen) atoms. The van der Waals surface area contributed by atoms with Crippen molar-refractivity contribution in [3.63, 3.8) is 0 Å². The van der Waals surface area contributed by atoms with Crippen molar-refractivity contribution in [3.05, 3.63) is 42.2 Å². The van der Waals surface area contributed by atoms with Crippen LogP contribution in [0.2, 0.25) is 0 Å². The zero-order valence-electron chi connectivity index (χ0n) is 10.6. The predicted octanol–water partition coefficient (Wildman–Crippen LogP) is 3.87. The molecule has 2 rings (SSSR count). The lowest BCUT2D eigenvalue weighted by Gasteiger charge is -2.12. The van der Waals surface area contributed by atoms with Gasteiger partial charge < -0.3 is 9.30 Å². The Hall–Kier alpha value is -1.56. The third-order valence-electron chi connectivity index (χ3n) is 2.63. The molecular weight excluding hydrogens is 270 g/mol. The predicted molar refractivity (Wildman–Crippen MR) is 70.6 cm³/mol. The van der Waals surface area contributed by atoms with Crippen molar-refractivity contribution in [2.45, 2.75) is 23.9 Å². The molecule has 1 heterocycles. The lowest BCUT2D eigenvalue weighted by Crippen LogP contribution is -2.01. The molecule has 2 aromatic rings. The Morgan fingerprint density at radius 2 is 1.95 bits per heavy atom. The van der Waals surface area contributed by atoms with Crippen molar-refractivity contribution in [2.75, 3.05) is 0 Å². The van der Waals surface area contributed by atoms with Gasteiger partial charge in [0.1, 0.15) is 5.75 Å². The molecule has 0 fully saturated rings. The second-order valence-electron chi connectivity index (χ2n) is 4.03. The van der Waals surface area contributed by atoms with Crippen molar-refractivity contribution in [2.24, 2.45) is 7.05 Å². The SMILES string of the molecule is CC(Sc1nccn1C)c1ccc(OC(F)F)cc1. The normalized spacial score (nSPS) is 12.7. The fourth-order valence-corrected chi connectivity index (χ4v) is 2.57. The molecule has 0 aliphatic rings. The first-order valence-electron chi connectivity index (χ1n) is 5.75. The van der Waals surface area contributed by atoms with Crippen molar-refractivity contribution in [1.29, 1.82) is 0 Å². The zero-order valence-corrected chi connectivity index (χ0v) is 11.4. The van der Waals surface area contributed by atoms with Gasteiger partial charge in [-0.05, 0) is 24.6 Å². The molecule has 1 aromatic carbocycles. The maximum absolute atomic E-state index is 12.0. The van der Waals surface area contributed by atoms with Gasteiger partial charge in [0.2, 0.25) is 0 Å². The molecule has 0 aliphatic carbocycles. The second-order valence-corrected chi connectivity index (χ2v) is 5.34. The van der Waals surface area contributed by atoms with Gasteiger partial charge in [0.15, 0.2) is 5.16 Å². The van der Waals surface area contributed by atoms with Gasteiger partial charge in [-0.3, -0.25) is 0 Å². The zero-order chi connectivity index (χ0) is 13.8. The van der Waals surface area contributed by atoms with E-state index < -0.39 is 6.61 Å². The molecule has 0 aliphatic heterocycles. The maximum Gasteiger partial charge on any atom is 0.387 e. The van der Waals surface area contributed by atoms with E-state index in [1.54, 1.807) is 42.2 Å². The molecule has 0 amide bonds. The molecule has 0 saturated carbocycles. The van der Waals surface area contributed by atoms with Gasteiger partial charge in [0.25, 0.3) is 0 Å². The average Bonchev–Trinajstić information content (AvgIpc) is 2.75. The monoisotopic (exact) mass is 284 g/mol. The van der Waals surface area contributed by atoms with Crippen molar-refractivity contribution in [1.82, 2.24) is 9.55 Å². The summed E-state index contributed by atoms with van der Waals surface area (Å²) < 4.78 is 30.3. The molecule has 3 nitrogen and oxygen atoms in total. The Balaban J connectivity index is 2.03. The van der Waals surface area contributed by atoms with Crippen LogP contribution in [0.15, 0.2) is 41.8 Å².